The van der Waals surface area contributed by atoms with E-state index in [1.165, 1.54) is 16.9 Å². The van der Waals surface area contributed by atoms with Gasteiger partial charge in [0.25, 0.3) is 0 Å². The zero-order valence-corrected chi connectivity index (χ0v) is 11.8. The summed E-state index contributed by atoms with van der Waals surface area (Å²) >= 11 is 0. The van der Waals surface area contributed by atoms with E-state index in [1.807, 2.05) is 13.8 Å². The lowest BCUT2D eigenvalue weighted by molar-refractivity contribution is 1.02. The van der Waals surface area contributed by atoms with Gasteiger partial charge in [-0.3, -0.25) is 0 Å². The average molecular weight is 222 g/mol. The first kappa shape index (κ1) is 14.8. The van der Waals surface area contributed by atoms with E-state index in [9.17, 15) is 0 Å². The Bertz CT molecular complexity index is 277. The number of nitrogens with zero attached hydrogens (tertiary/aromatic N) is 2. The molecule has 0 N–H and O–H groups in total. The Kier molecular flexibility index (Phi) is 6.63. The van der Waals surface area contributed by atoms with Crippen LogP contribution in [0.2, 0.25) is 0 Å². The lowest BCUT2D eigenvalue weighted by Gasteiger charge is -2.23. The third-order valence-corrected chi connectivity index (χ3v) is 2.44. The molecular formula is C14H26N2. The van der Waals surface area contributed by atoms with Gasteiger partial charge in [0.1, 0.15) is 0 Å². The first-order valence-electron chi connectivity index (χ1n) is 6.04. The smallest absolute Gasteiger partial charge is 0.0414 e. The Balaban J connectivity index is 0.00000106. The SMILES string of the molecule is CC.CCc1c(N(C)C)cccc1N(C)C. The molecule has 0 fully saturated rings. The van der Waals surface area contributed by atoms with Gasteiger partial charge in [-0.25, -0.2) is 0 Å². The van der Waals surface area contributed by atoms with Gasteiger partial charge in [-0.15, -0.1) is 0 Å². The Hall–Kier alpha value is -1.18. The van der Waals surface area contributed by atoms with Gasteiger partial charge in [-0.1, -0.05) is 26.8 Å². The molecule has 1 aromatic rings. The van der Waals surface area contributed by atoms with Crippen LogP contribution in [0.1, 0.15) is 26.3 Å². The lowest BCUT2D eigenvalue weighted by Crippen LogP contribution is -2.16. The molecule has 0 aliphatic carbocycles. The van der Waals surface area contributed by atoms with Crippen LogP contribution in [-0.2, 0) is 6.42 Å². The molecule has 0 saturated heterocycles. The third kappa shape index (κ3) is 3.44. The summed E-state index contributed by atoms with van der Waals surface area (Å²) in [6.45, 7) is 6.20. The molecular weight excluding hydrogens is 196 g/mol. The van der Waals surface area contributed by atoms with Crippen LogP contribution in [0.3, 0.4) is 0 Å². The second-order valence-corrected chi connectivity index (χ2v) is 3.92. The number of anilines is 2. The molecule has 0 aliphatic rings. The molecule has 0 amide bonds. The molecule has 0 atom stereocenters. The van der Waals surface area contributed by atoms with E-state index in [1.54, 1.807) is 0 Å². The zero-order chi connectivity index (χ0) is 12.7. The van der Waals surface area contributed by atoms with Crippen LogP contribution in [0.4, 0.5) is 11.4 Å². The minimum atomic E-state index is 1.07. The summed E-state index contributed by atoms with van der Waals surface area (Å²) in [6, 6.07) is 6.46. The summed E-state index contributed by atoms with van der Waals surface area (Å²) in [5.41, 5.74) is 4.06. The van der Waals surface area contributed by atoms with Crippen molar-refractivity contribution in [3.8, 4) is 0 Å². The van der Waals surface area contributed by atoms with Crippen molar-refractivity contribution in [1.29, 1.82) is 0 Å². The highest BCUT2D eigenvalue weighted by molar-refractivity contribution is 5.66. The van der Waals surface area contributed by atoms with Gasteiger partial charge in [0.05, 0.1) is 0 Å². The number of rotatable bonds is 3. The highest BCUT2D eigenvalue weighted by Gasteiger charge is 2.08. The maximum Gasteiger partial charge on any atom is 0.0414 e. The summed E-state index contributed by atoms with van der Waals surface area (Å²) in [6.07, 6.45) is 1.07. The summed E-state index contributed by atoms with van der Waals surface area (Å²) in [7, 11) is 8.36. The van der Waals surface area contributed by atoms with Crippen molar-refractivity contribution in [3.05, 3.63) is 23.8 Å². The van der Waals surface area contributed by atoms with Gasteiger partial charge < -0.3 is 9.80 Å². The molecule has 0 aliphatic heterocycles. The van der Waals surface area contributed by atoms with Crippen molar-refractivity contribution in [2.24, 2.45) is 0 Å². The van der Waals surface area contributed by atoms with E-state index in [2.05, 4.69) is 63.1 Å². The molecule has 92 valence electrons. The van der Waals surface area contributed by atoms with Crippen LogP contribution in [0, 0.1) is 0 Å². The maximum absolute atomic E-state index is 2.20. The summed E-state index contributed by atoms with van der Waals surface area (Å²) in [4.78, 5) is 4.34. The summed E-state index contributed by atoms with van der Waals surface area (Å²) < 4.78 is 0. The van der Waals surface area contributed by atoms with Gasteiger partial charge in [-0.2, -0.15) is 0 Å². The van der Waals surface area contributed by atoms with Gasteiger partial charge in [0.15, 0.2) is 0 Å². The molecule has 0 radical (unpaired) electrons. The van der Waals surface area contributed by atoms with Crippen molar-refractivity contribution in [1.82, 2.24) is 0 Å². The van der Waals surface area contributed by atoms with E-state index in [0.717, 1.165) is 6.42 Å². The van der Waals surface area contributed by atoms with Gasteiger partial charge in [0, 0.05) is 39.6 Å². The van der Waals surface area contributed by atoms with E-state index in [-0.39, 0.29) is 0 Å². The minimum absolute atomic E-state index is 1.07. The summed E-state index contributed by atoms with van der Waals surface area (Å²) in [5.74, 6) is 0. The second kappa shape index (κ2) is 7.15. The lowest BCUT2D eigenvalue weighted by atomic mass is 10.1. The molecule has 0 saturated carbocycles. The molecule has 16 heavy (non-hydrogen) atoms. The first-order chi connectivity index (χ1) is 7.57. The molecule has 0 aromatic heterocycles. The highest BCUT2D eigenvalue weighted by Crippen LogP contribution is 2.28. The van der Waals surface area contributed by atoms with Gasteiger partial charge >= 0.3 is 0 Å². The molecule has 0 bridgehead atoms. The van der Waals surface area contributed by atoms with Crippen molar-refractivity contribution in [2.45, 2.75) is 27.2 Å². The van der Waals surface area contributed by atoms with Crippen LogP contribution in [0.15, 0.2) is 18.2 Å². The van der Waals surface area contributed by atoms with Crippen LogP contribution in [0.5, 0.6) is 0 Å². The standard InChI is InChI=1S/C12H20N2.C2H6/c1-6-10-11(13(2)3)8-7-9-12(10)14(4)5;1-2/h7-9H,6H2,1-5H3;1-2H3. The predicted molar refractivity (Wildman–Crippen MR) is 75.8 cm³/mol. The first-order valence-corrected chi connectivity index (χ1v) is 6.04. The molecule has 0 heterocycles. The largest absolute Gasteiger partial charge is 0.377 e. The minimum Gasteiger partial charge on any atom is -0.377 e. The van der Waals surface area contributed by atoms with Crippen LogP contribution in [-0.4, -0.2) is 28.2 Å². The summed E-state index contributed by atoms with van der Waals surface area (Å²) in [5, 5.41) is 0. The molecule has 0 spiro atoms. The molecule has 1 rings (SSSR count). The molecule has 1 aromatic carbocycles. The normalized spacial score (nSPS) is 9.19. The van der Waals surface area contributed by atoms with Crippen LogP contribution in [0.25, 0.3) is 0 Å². The fraction of sp³-hybridized carbons (Fsp3) is 0.571. The molecule has 2 heteroatoms. The second-order valence-electron chi connectivity index (χ2n) is 3.92. The van der Waals surface area contributed by atoms with Gasteiger partial charge in [-0.05, 0) is 24.1 Å². The predicted octanol–water partition coefficient (Wildman–Crippen LogP) is 3.41. The van der Waals surface area contributed by atoms with Gasteiger partial charge in [0.2, 0.25) is 0 Å². The zero-order valence-electron chi connectivity index (χ0n) is 11.8. The average Bonchev–Trinajstić information content (AvgIpc) is 2.30. The number of hydrogen-bond acceptors (Lipinski definition) is 2. The van der Waals surface area contributed by atoms with Crippen molar-refractivity contribution in [3.63, 3.8) is 0 Å². The number of hydrogen-bond donors (Lipinski definition) is 0. The third-order valence-electron chi connectivity index (χ3n) is 2.44. The quantitative estimate of drug-likeness (QED) is 0.773. The van der Waals surface area contributed by atoms with E-state index >= 15 is 0 Å². The van der Waals surface area contributed by atoms with Crippen molar-refractivity contribution < 1.29 is 0 Å². The highest BCUT2D eigenvalue weighted by atomic mass is 15.1. The fourth-order valence-corrected chi connectivity index (χ4v) is 1.76. The molecule has 0 unspecified atom stereocenters. The topological polar surface area (TPSA) is 6.48 Å². The Morgan fingerprint density at radius 1 is 0.875 bits per heavy atom. The van der Waals surface area contributed by atoms with E-state index < -0.39 is 0 Å². The van der Waals surface area contributed by atoms with Crippen molar-refractivity contribution in [2.75, 3.05) is 38.0 Å². The Labute approximate surface area is 101 Å². The Morgan fingerprint density at radius 3 is 1.50 bits per heavy atom. The van der Waals surface area contributed by atoms with E-state index in [4.69, 9.17) is 0 Å². The molecule has 2 nitrogen and oxygen atoms in total. The maximum atomic E-state index is 2.20. The monoisotopic (exact) mass is 222 g/mol. The number of benzene rings is 1. The van der Waals surface area contributed by atoms with Crippen molar-refractivity contribution >= 4 is 11.4 Å². The van der Waals surface area contributed by atoms with Crippen LogP contribution < -0.4 is 9.80 Å². The Morgan fingerprint density at radius 2 is 1.25 bits per heavy atom. The fourth-order valence-electron chi connectivity index (χ4n) is 1.76. The van der Waals surface area contributed by atoms with Crippen LogP contribution >= 0.6 is 0 Å². The van der Waals surface area contributed by atoms with E-state index in [0.29, 0.717) is 0 Å².